The van der Waals surface area contributed by atoms with Gasteiger partial charge in [0.15, 0.2) is 10.8 Å². The number of hydroxylamine groups is 1. The maximum Gasteiger partial charge on any atom is 0.295 e. The molecule has 0 unspecified atom stereocenters. The largest absolute Gasteiger partial charge is 0.295 e. The Hall–Kier alpha value is -1.20. The van der Waals surface area contributed by atoms with Crippen LogP contribution < -0.4 is 5.48 Å². The first kappa shape index (κ1) is 8.89. The van der Waals surface area contributed by atoms with E-state index in [1.807, 2.05) is 0 Å². The fraction of sp³-hybridized carbons (Fsp3) is 0.167. The summed E-state index contributed by atoms with van der Waals surface area (Å²) < 4.78 is 0. The van der Waals surface area contributed by atoms with E-state index in [-0.39, 0.29) is 10.8 Å². The van der Waals surface area contributed by atoms with Crippen LogP contribution in [0.15, 0.2) is 12.1 Å². The second-order valence-electron chi connectivity index (χ2n) is 1.88. The number of rotatable bonds is 2. The summed E-state index contributed by atoms with van der Waals surface area (Å²) in [5.74, 6) is -0.457. The molecule has 1 aromatic heterocycles. The van der Waals surface area contributed by atoms with E-state index in [1.165, 1.54) is 19.2 Å². The topological polar surface area (TPSA) is 64.1 Å². The Labute approximate surface area is 73.7 Å². The lowest BCUT2D eigenvalue weighted by Gasteiger charge is -1.98. The summed E-state index contributed by atoms with van der Waals surface area (Å²) in [7, 11) is 1.33. The lowest BCUT2D eigenvalue weighted by atomic mass is 10.4. The van der Waals surface area contributed by atoms with E-state index in [1.54, 1.807) is 0 Å². The molecule has 0 saturated heterocycles. The molecule has 1 N–H and O–H groups in total. The minimum absolute atomic E-state index is 0.154. The highest BCUT2D eigenvalue weighted by Crippen LogP contribution is 2.01. The first-order valence-electron chi connectivity index (χ1n) is 3.06. The molecule has 64 valence electrons. The zero-order valence-corrected chi connectivity index (χ0v) is 7.00. The van der Waals surface area contributed by atoms with Gasteiger partial charge in [0, 0.05) is 0 Å². The van der Waals surface area contributed by atoms with Crippen LogP contribution >= 0.6 is 11.6 Å². The van der Waals surface area contributed by atoms with E-state index in [4.69, 9.17) is 11.6 Å². The van der Waals surface area contributed by atoms with Crippen molar-refractivity contribution in [3.8, 4) is 0 Å². The number of carbonyl (C=O) groups excluding carboxylic acids is 1. The molecule has 0 fully saturated rings. The lowest BCUT2D eigenvalue weighted by molar-refractivity contribution is 0.0531. The lowest BCUT2D eigenvalue weighted by Crippen LogP contribution is -2.23. The molecule has 0 atom stereocenters. The summed E-state index contributed by atoms with van der Waals surface area (Å²) in [6.07, 6.45) is 0. The van der Waals surface area contributed by atoms with Gasteiger partial charge in [-0.2, -0.15) is 0 Å². The maximum atomic E-state index is 11.0. The molecule has 0 spiro atoms. The number of hydrogen-bond acceptors (Lipinski definition) is 4. The second-order valence-corrected chi connectivity index (χ2v) is 2.26. The standard InChI is InChI=1S/C6H6ClN3O2/c1-12-10-6(11)4-2-3-5(7)9-8-4/h2-3H,1H3,(H,10,11). The number of aromatic nitrogens is 2. The van der Waals surface area contributed by atoms with Crippen molar-refractivity contribution in [1.82, 2.24) is 15.7 Å². The van der Waals surface area contributed by atoms with Crippen LogP contribution in [0.3, 0.4) is 0 Å². The van der Waals surface area contributed by atoms with Crippen LogP contribution in [-0.4, -0.2) is 23.2 Å². The van der Waals surface area contributed by atoms with Crippen molar-refractivity contribution in [2.24, 2.45) is 0 Å². The third-order valence-electron chi connectivity index (χ3n) is 1.06. The van der Waals surface area contributed by atoms with Crippen molar-refractivity contribution in [3.05, 3.63) is 23.0 Å². The Morgan fingerprint density at radius 1 is 1.58 bits per heavy atom. The predicted molar refractivity (Wildman–Crippen MR) is 41.5 cm³/mol. The number of nitrogens with one attached hydrogen (secondary N) is 1. The Morgan fingerprint density at radius 2 is 2.33 bits per heavy atom. The smallest absolute Gasteiger partial charge is 0.277 e. The average molecular weight is 188 g/mol. The maximum absolute atomic E-state index is 11.0. The molecule has 5 nitrogen and oxygen atoms in total. The van der Waals surface area contributed by atoms with Crippen LogP contribution in [0.1, 0.15) is 10.5 Å². The Balaban J connectivity index is 2.75. The molecule has 0 aromatic carbocycles. The molecule has 1 aromatic rings. The van der Waals surface area contributed by atoms with E-state index in [0.717, 1.165) is 0 Å². The zero-order valence-electron chi connectivity index (χ0n) is 6.24. The molecule has 0 aliphatic rings. The second kappa shape index (κ2) is 3.99. The highest BCUT2D eigenvalue weighted by molar-refractivity contribution is 6.29. The van der Waals surface area contributed by atoms with Gasteiger partial charge in [0.05, 0.1) is 7.11 Å². The summed E-state index contributed by atoms with van der Waals surface area (Å²) >= 11 is 5.46. The number of halogens is 1. The van der Waals surface area contributed by atoms with Gasteiger partial charge in [-0.05, 0) is 12.1 Å². The Morgan fingerprint density at radius 3 is 2.83 bits per heavy atom. The van der Waals surface area contributed by atoms with Gasteiger partial charge in [-0.3, -0.25) is 9.63 Å². The molecule has 1 amide bonds. The van der Waals surface area contributed by atoms with Crippen LogP contribution in [-0.2, 0) is 4.84 Å². The first-order chi connectivity index (χ1) is 5.74. The summed E-state index contributed by atoms with van der Waals surface area (Å²) in [6.45, 7) is 0. The Kier molecular flexibility index (Phi) is 2.95. The van der Waals surface area contributed by atoms with Crippen LogP contribution in [0.4, 0.5) is 0 Å². The molecular formula is C6H6ClN3O2. The molecule has 12 heavy (non-hydrogen) atoms. The molecule has 0 bridgehead atoms. The van der Waals surface area contributed by atoms with Gasteiger partial charge in [0.25, 0.3) is 5.91 Å². The Bertz CT molecular complexity index is 275. The van der Waals surface area contributed by atoms with E-state index < -0.39 is 5.91 Å². The highest BCUT2D eigenvalue weighted by atomic mass is 35.5. The SMILES string of the molecule is CONC(=O)c1ccc(Cl)nn1. The predicted octanol–water partition coefficient (Wildman–Crippen LogP) is 0.421. The fourth-order valence-electron chi connectivity index (χ4n) is 0.582. The van der Waals surface area contributed by atoms with Gasteiger partial charge in [-0.15, -0.1) is 10.2 Å². The summed E-state index contributed by atoms with van der Waals surface area (Å²) in [5.41, 5.74) is 2.25. The normalized spacial score (nSPS) is 9.50. The number of amides is 1. The van der Waals surface area contributed by atoms with Crippen molar-refractivity contribution in [1.29, 1.82) is 0 Å². The van der Waals surface area contributed by atoms with E-state index in [0.29, 0.717) is 0 Å². The molecule has 0 aliphatic heterocycles. The van der Waals surface area contributed by atoms with Crippen LogP contribution in [0.2, 0.25) is 5.15 Å². The minimum Gasteiger partial charge on any atom is -0.277 e. The van der Waals surface area contributed by atoms with Gasteiger partial charge < -0.3 is 0 Å². The highest BCUT2D eigenvalue weighted by Gasteiger charge is 2.05. The molecule has 6 heteroatoms. The quantitative estimate of drug-likeness (QED) is 0.682. The zero-order chi connectivity index (χ0) is 8.97. The minimum atomic E-state index is -0.457. The van der Waals surface area contributed by atoms with E-state index in [2.05, 4.69) is 20.5 Å². The van der Waals surface area contributed by atoms with Gasteiger partial charge in [0.2, 0.25) is 0 Å². The summed E-state index contributed by atoms with van der Waals surface area (Å²) in [4.78, 5) is 15.4. The summed E-state index contributed by atoms with van der Waals surface area (Å²) in [6, 6.07) is 2.92. The van der Waals surface area contributed by atoms with Gasteiger partial charge >= 0.3 is 0 Å². The van der Waals surface area contributed by atoms with Crippen LogP contribution in [0.5, 0.6) is 0 Å². The third kappa shape index (κ3) is 2.14. The van der Waals surface area contributed by atoms with Crippen molar-refractivity contribution in [2.45, 2.75) is 0 Å². The molecular weight excluding hydrogens is 182 g/mol. The number of hydrogen-bond donors (Lipinski definition) is 1. The van der Waals surface area contributed by atoms with E-state index >= 15 is 0 Å². The third-order valence-corrected chi connectivity index (χ3v) is 1.26. The number of carbonyl (C=O) groups is 1. The van der Waals surface area contributed by atoms with Crippen molar-refractivity contribution < 1.29 is 9.63 Å². The van der Waals surface area contributed by atoms with Gasteiger partial charge in [0.1, 0.15) is 0 Å². The molecule has 0 aliphatic carbocycles. The van der Waals surface area contributed by atoms with Crippen molar-refractivity contribution in [2.75, 3.05) is 7.11 Å². The fourth-order valence-corrected chi connectivity index (χ4v) is 0.683. The monoisotopic (exact) mass is 187 g/mol. The molecule has 0 saturated carbocycles. The first-order valence-corrected chi connectivity index (χ1v) is 3.44. The average Bonchev–Trinajstić information content (AvgIpc) is 2.06. The van der Waals surface area contributed by atoms with Gasteiger partial charge in [-0.25, -0.2) is 5.48 Å². The van der Waals surface area contributed by atoms with Crippen molar-refractivity contribution in [3.63, 3.8) is 0 Å². The van der Waals surface area contributed by atoms with Crippen molar-refractivity contribution >= 4 is 17.5 Å². The van der Waals surface area contributed by atoms with Crippen LogP contribution in [0, 0.1) is 0 Å². The molecule has 0 radical (unpaired) electrons. The van der Waals surface area contributed by atoms with Crippen LogP contribution in [0.25, 0.3) is 0 Å². The molecule has 1 heterocycles. The van der Waals surface area contributed by atoms with Gasteiger partial charge in [-0.1, -0.05) is 11.6 Å². The molecule has 1 rings (SSSR count). The number of nitrogens with zero attached hydrogens (tertiary/aromatic N) is 2. The summed E-state index contributed by atoms with van der Waals surface area (Å²) in [5, 5.41) is 7.24. The van der Waals surface area contributed by atoms with E-state index in [9.17, 15) is 4.79 Å².